The van der Waals surface area contributed by atoms with Crippen molar-refractivity contribution in [2.24, 2.45) is 0 Å². The van der Waals surface area contributed by atoms with Gasteiger partial charge in [-0.25, -0.2) is 0 Å². The van der Waals surface area contributed by atoms with Crippen molar-refractivity contribution in [3.8, 4) is 0 Å². The third-order valence-corrected chi connectivity index (χ3v) is 8.85. The van der Waals surface area contributed by atoms with E-state index < -0.39 is 5.41 Å². The van der Waals surface area contributed by atoms with Crippen LogP contribution in [0, 0.1) is 0 Å². The summed E-state index contributed by atoms with van der Waals surface area (Å²) in [7, 11) is 1.67. The average Bonchev–Trinajstić information content (AvgIpc) is 3.44. The topological polar surface area (TPSA) is 160 Å². The summed E-state index contributed by atoms with van der Waals surface area (Å²) in [5, 5.41) is 12.2. The molecule has 0 saturated carbocycles. The number of amides is 1. The first-order valence-electron chi connectivity index (χ1n) is 13.5. The number of hydrogen-bond acceptors (Lipinski definition) is 6. The highest BCUT2D eigenvalue weighted by Crippen LogP contribution is 2.43. The van der Waals surface area contributed by atoms with E-state index in [1.165, 1.54) is 0 Å². The molecule has 1 saturated heterocycles. The fourth-order valence-electron chi connectivity index (χ4n) is 5.88. The van der Waals surface area contributed by atoms with Gasteiger partial charge >= 0.3 is 6.01 Å². The second-order valence-electron chi connectivity index (χ2n) is 10.2. The minimum atomic E-state index is -0.438. The van der Waals surface area contributed by atoms with E-state index in [0.717, 1.165) is 54.7 Å². The van der Waals surface area contributed by atoms with Gasteiger partial charge in [0.1, 0.15) is 0 Å². The Kier molecular flexibility index (Phi) is 14.9. The lowest BCUT2D eigenvalue weighted by molar-refractivity contribution is 0.0962. The number of aromatic nitrogens is 2. The Morgan fingerprint density at radius 2 is 1.68 bits per heavy atom. The summed E-state index contributed by atoms with van der Waals surface area (Å²) in [4.78, 5) is 15.4. The van der Waals surface area contributed by atoms with Crippen LogP contribution in [0.15, 0.2) is 71.1 Å². The summed E-state index contributed by atoms with van der Waals surface area (Å²) in [5.41, 5.74) is 10.4. The summed E-state index contributed by atoms with van der Waals surface area (Å²) >= 11 is 12.6. The Labute approximate surface area is 279 Å². The zero-order valence-electron chi connectivity index (χ0n) is 24.5. The number of benzene rings is 3. The molecule has 1 aromatic heterocycles. The van der Waals surface area contributed by atoms with Crippen molar-refractivity contribution in [3.63, 3.8) is 0 Å². The zero-order chi connectivity index (χ0) is 28.3. The van der Waals surface area contributed by atoms with Gasteiger partial charge in [0.2, 0.25) is 5.89 Å². The highest BCUT2D eigenvalue weighted by atomic mass is 35.5. The molecule has 1 aliphatic heterocycles. The summed E-state index contributed by atoms with van der Waals surface area (Å²) in [5.74, 6) is 0.604. The molecule has 5 rings (SSSR count). The maximum Gasteiger partial charge on any atom is 0.312 e. The van der Waals surface area contributed by atoms with Gasteiger partial charge in [-0.05, 0) is 72.6 Å². The van der Waals surface area contributed by atoms with Gasteiger partial charge < -0.3 is 31.3 Å². The molecule has 0 spiro atoms. The fourth-order valence-corrected chi connectivity index (χ4v) is 6.19. The van der Waals surface area contributed by atoms with E-state index in [4.69, 9.17) is 33.4 Å². The Morgan fingerprint density at radius 3 is 2.25 bits per heavy atom. The van der Waals surface area contributed by atoms with E-state index in [-0.39, 0.29) is 53.6 Å². The van der Waals surface area contributed by atoms with Crippen LogP contribution in [0.25, 0.3) is 0 Å². The van der Waals surface area contributed by atoms with E-state index in [0.29, 0.717) is 27.9 Å². The van der Waals surface area contributed by atoms with Gasteiger partial charge in [0.15, 0.2) is 0 Å². The molecule has 0 bridgehead atoms. The van der Waals surface area contributed by atoms with Gasteiger partial charge in [-0.15, -0.1) is 29.9 Å². The van der Waals surface area contributed by atoms with Gasteiger partial charge in [-0.3, -0.25) is 4.79 Å². The molecule has 0 radical (unpaired) electrons. The number of piperidine rings is 1. The number of halogens is 4. The molecule has 9 nitrogen and oxygen atoms in total. The second kappa shape index (κ2) is 16.9. The van der Waals surface area contributed by atoms with Crippen molar-refractivity contribution >= 4 is 65.6 Å². The monoisotopic (exact) mass is 685 g/mol. The lowest BCUT2D eigenvalue weighted by Gasteiger charge is -2.41. The van der Waals surface area contributed by atoms with Crippen LogP contribution in [0.5, 0.6) is 0 Å². The van der Waals surface area contributed by atoms with E-state index >= 15 is 0 Å². The first kappa shape index (κ1) is 39.0. The van der Waals surface area contributed by atoms with Gasteiger partial charge in [0.05, 0.1) is 15.5 Å². The highest BCUT2D eigenvalue weighted by molar-refractivity contribution is 6.42. The number of anilines is 2. The van der Waals surface area contributed by atoms with Crippen LogP contribution >= 0.6 is 48.0 Å². The third-order valence-electron chi connectivity index (χ3n) is 8.12. The molecule has 13 heteroatoms. The number of nitrogens with zero attached hydrogens (tertiary/aromatic N) is 3. The van der Waals surface area contributed by atoms with Gasteiger partial charge in [-0.1, -0.05) is 77.7 Å². The van der Waals surface area contributed by atoms with Crippen LogP contribution < -0.4 is 16.0 Å². The van der Waals surface area contributed by atoms with Crippen LogP contribution in [-0.4, -0.2) is 47.2 Å². The summed E-state index contributed by atoms with van der Waals surface area (Å²) in [6.45, 7) is 3.64. The molecule has 240 valence electrons. The molecular weight excluding hydrogens is 648 g/mol. The Hall–Kier alpha value is -3.05. The SMILES string of the molecule is CCC(Cc1c(C(=O)NC)cccc1N1CCC(c2ccccc2)(c2nnc(N)o2)CC1)c1ccc(Cl)c(Cl)c1.Cl.Cl.O.O. The van der Waals surface area contributed by atoms with Crippen molar-refractivity contribution in [3.05, 3.63) is 105 Å². The smallest absolute Gasteiger partial charge is 0.312 e. The van der Waals surface area contributed by atoms with E-state index in [2.05, 4.69) is 45.5 Å². The normalized spacial score (nSPS) is 14.1. The second-order valence-corrected chi connectivity index (χ2v) is 11.1. The van der Waals surface area contributed by atoms with Crippen molar-refractivity contribution in [2.45, 2.75) is 43.9 Å². The molecule has 1 amide bonds. The first-order chi connectivity index (χ1) is 19.4. The molecule has 7 N–H and O–H groups in total. The lowest BCUT2D eigenvalue weighted by Crippen LogP contribution is -2.44. The standard InChI is InChI=1S/C31H33Cl2N5O2.2ClH.2H2O/c1-3-20(21-12-13-25(32)26(33)19-21)18-24-23(28(39)35-2)10-7-11-27(24)38-16-14-31(15-17-38,22-8-5-4-6-9-22)29-36-37-30(34)40-29;;;;/h4-13,19-20H,3,14-18H2,1-2H3,(H2,34,37)(H,35,39);2*1H;2*1H2. The van der Waals surface area contributed by atoms with Crippen molar-refractivity contribution in [1.29, 1.82) is 0 Å². The lowest BCUT2D eigenvalue weighted by atomic mass is 9.72. The number of carbonyl (C=O) groups excluding carboxylic acids is 1. The maximum absolute atomic E-state index is 13.0. The van der Waals surface area contributed by atoms with Crippen LogP contribution in [0.4, 0.5) is 11.7 Å². The van der Waals surface area contributed by atoms with Gasteiger partial charge in [0, 0.05) is 31.4 Å². The first-order valence-corrected chi connectivity index (χ1v) is 14.3. The summed E-state index contributed by atoms with van der Waals surface area (Å²) in [6.07, 6.45) is 3.08. The predicted octanol–water partition coefficient (Wildman–Crippen LogP) is 5.84. The number of carbonyl (C=O) groups is 1. The molecule has 3 aromatic carbocycles. The van der Waals surface area contributed by atoms with Gasteiger partial charge in [-0.2, -0.15) is 0 Å². The largest absolute Gasteiger partial charge is 0.412 e. The third kappa shape index (κ3) is 7.77. The van der Waals surface area contributed by atoms with E-state index in [9.17, 15) is 4.79 Å². The van der Waals surface area contributed by atoms with Crippen LogP contribution in [0.1, 0.15) is 65.0 Å². The minimum Gasteiger partial charge on any atom is -0.412 e. The van der Waals surface area contributed by atoms with Crippen molar-refractivity contribution < 1.29 is 20.2 Å². The average molecular weight is 687 g/mol. The Balaban J connectivity index is 0.00000242. The number of nitrogens with two attached hydrogens (primary N) is 1. The number of nitrogens with one attached hydrogen (secondary N) is 1. The number of nitrogen functional groups attached to an aromatic ring is 1. The molecule has 1 aliphatic rings. The highest BCUT2D eigenvalue weighted by Gasteiger charge is 2.43. The maximum atomic E-state index is 13.0. The summed E-state index contributed by atoms with van der Waals surface area (Å²) in [6, 6.07) is 22.1. The number of rotatable bonds is 8. The van der Waals surface area contributed by atoms with Crippen LogP contribution in [0.3, 0.4) is 0 Å². The van der Waals surface area contributed by atoms with Crippen LogP contribution in [-0.2, 0) is 11.8 Å². The fraction of sp³-hybridized carbons (Fsp3) is 0.323. The molecular formula is C31H39Cl4N5O4. The van der Waals surface area contributed by atoms with Crippen molar-refractivity contribution in [2.75, 3.05) is 30.8 Å². The van der Waals surface area contributed by atoms with Gasteiger partial charge in [0.25, 0.3) is 5.91 Å². The molecule has 1 fully saturated rings. The minimum absolute atomic E-state index is 0. The molecule has 1 atom stereocenters. The molecule has 2 heterocycles. The predicted molar refractivity (Wildman–Crippen MR) is 182 cm³/mol. The summed E-state index contributed by atoms with van der Waals surface area (Å²) < 4.78 is 5.81. The molecule has 0 aliphatic carbocycles. The van der Waals surface area contributed by atoms with E-state index in [1.807, 2.05) is 48.5 Å². The van der Waals surface area contributed by atoms with Crippen molar-refractivity contribution in [1.82, 2.24) is 15.5 Å². The molecule has 4 aromatic rings. The molecule has 44 heavy (non-hydrogen) atoms. The Bertz CT molecular complexity index is 1500. The van der Waals surface area contributed by atoms with Crippen LogP contribution in [0.2, 0.25) is 10.0 Å². The molecule has 1 unspecified atom stereocenters. The van der Waals surface area contributed by atoms with E-state index in [1.54, 1.807) is 7.05 Å². The number of hydrogen-bond donors (Lipinski definition) is 2. The Morgan fingerprint density at radius 1 is 1.00 bits per heavy atom. The quantitative estimate of drug-likeness (QED) is 0.237. The zero-order valence-corrected chi connectivity index (χ0v) is 27.6.